The highest BCUT2D eigenvalue weighted by Crippen LogP contribution is 2.16. The Morgan fingerprint density at radius 1 is 1.15 bits per heavy atom. The molecule has 0 saturated carbocycles. The Balaban J connectivity index is 0.00000385. The molecule has 1 unspecified atom stereocenters. The Labute approximate surface area is 213 Å². The van der Waals surface area contributed by atoms with Crippen molar-refractivity contribution in [2.24, 2.45) is 4.99 Å². The maximum atomic E-state index is 13.4. The maximum absolute atomic E-state index is 13.4. The van der Waals surface area contributed by atoms with Crippen LogP contribution in [0.5, 0.6) is 5.75 Å². The van der Waals surface area contributed by atoms with Crippen LogP contribution in [0.4, 0.5) is 4.39 Å². The molecule has 1 saturated heterocycles. The quantitative estimate of drug-likeness (QED) is 0.252. The number of hydrogen-bond acceptors (Lipinski definition) is 3. The van der Waals surface area contributed by atoms with Crippen LogP contribution in [-0.2, 0) is 17.9 Å². The average molecular weight is 568 g/mol. The molecule has 6 nitrogen and oxygen atoms in total. The Morgan fingerprint density at radius 3 is 2.64 bits per heavy atom. The van der Waals surface area contributed by atoms with Gasteiger partial charge in [0.2, 0.25) is 5.91 Å². The van der Waals surface area contributed by atoms with Gasteiger partial charge in [0.05, 0.1) is 13.1 Å². The Hall–Kier alpha value is -2.36. The molecule has 2 aromatic carbocycles. The van der Waals surface area contributed by atoms with E-state index in [0.29, 0.717) is 37.8 Å². The molecular formula is C25H34FIN4O2. The van der Waals surface area contributed by atoms with E-state index in [-0.39, 0.29) is 41.8 Å². The minimum absolute atomic E-state index is 0. The van der Waals surface area contributed by atoms with Gasteiger partial charge < -0.3 is 20.3 Å². The number of guanidine groups is 1. The van der Waals surface area contributed by atoms with E-state index in [1.165, 1.54) is 12.1 Å². The second kappa shape index (κ2) is 14.0. The second-order valence-electron chi connectivity index (χ2n) is 7.92. The van der Waals surface area contributed by atoms with E-state index in [2.05, 4.69) is 22.8 Å². The molecule has 1 aliphatic rings. The number of carbonyl (C=O) groups excluding carboxylic acids is 1. The van der Waals surface area contributed by atoms with Gasteiger partial charge in [0, 0.05) is 32.1 Å². The lowest BCUT2D eigenvalue weighted by Gasteiger charge is -2.20. The Morgan fingerprint density at radius 2 is 1.94 bits per heavy atom. The van der Waals surface area contributed by atoms with Gasteiger partial charge in [-0.25, -0.2) is 9.38 Å². The molecule has 1 amide bonds. The molecule has 0 spiro atoms. The number of aliphatic imine (C=N–C) groups is 1. The van der Waals surface area contributed by atoms with Crippen LogP contribution >= 0.6 is 24.0 Å². The molecule has 1 atom stereocenters. The summed E-state index contributed by atoms with van der Waals surface area (Å²) >= 11 is 0. The van der Waals surface area contributed by atoms with E-state index in [1.807, 2.05) is 30.9 Å². The number of ether oxygens (including phenoxy) is 1. The predicted octanol–water partition coefficient (Wildman–Crippen LogP) is 4.48. The third-order valence-corrected chi connectivity index (χ3v) is 5.35. The smallest absolute Gasteiger partial charge is 0.222 e. The van der Waals surface area contributed by atoms with Crippen molar-refractivity contribution in [2.45, 2.75) is 52.3 Å². The highest BCUT2D eigenvalue weighted by atomic mass is 127. The van der Waals surface area contributed by atoms with Crippen molar-refractivity contribution in [3.8, 4) is 5.75 Å². The fourth-order valence-electron chi connectivity index (χ4n) is 3.64. The topological polar surface area (TPSA) is 66.0 Å². The molecular weight excluding hydrogens is 534 g/mol. The van der Waals surface area contributed by atoms with E-state index in [4.69, 9.17) is 9.73 Å². The number of carbonyl (C=O) groups is 1. The summed E-state index contributed by atoms with van der Waals surface area (Å²) in [6, 6.07) is 14.4. The van der Waals surface area contributed by atoms with Gasteiger partial charge in [0.15, 0.2) is 5.96 Å². The third-order valence-electron chi connectivity index (χ3n) is 5.35. The van der Waals surface area contributed by atoms with E-state index in [0.717, 1.165) is 37.1 Å². The van der Waals surface area contributed by atoms with E-state index >= 15 is 0 Å². The van der Waals surface area contributed by atoms with Crippen LogP contribution in [0.25, 0.3) is 0 Å². The average Bonchev–Trinajstić information content (AvgIpc) is 3.19. The lowest BCUT2D eigenvalue weighted by Crippen LogP contribution is -2.42. The number of amides is 1. The molecule has 2 N–H and O–H groups in total. The molecule has 33 heavy (non-hydrogen) atoms. The van der Waals surface area contributed by atoms with Crippen LogP contribution in [-0.4, -0.2) is 42.5 Å². The molecule has 0 bridgehead atoms. The van der Waals surface area contributed by atoms with Crippen molar-refractivity contribution in [3.05, 3.63) is 65.5 Å². The number of nitrogens with one attached hydrogen (secondary N) is 2. The number of halogens is 2. The van der Waals surface area contributed by atoms with Gasteiger partial charge in [-0.05, 0) is 43.0 Å². The summed E-state index contributed by atoms with van der Waals surface area (Å²) < 4.78 is 19.3. The van der Waals surface area contributed by atoms with Gasteiger partial charge in [-0.1, -0.05) is 37.3 Å². The van der Waals surface area contributed by atoms with Crippen LogP contribution in [0.15, 0.2) is 53.5 Å². The van der Waals surface area contributed by atoms with Gasteiger partial charge in [-0.3, -0.25) is 4.79 Å². The fourth-order valence-corrected chi connectivity index (χ4v) is 3.64. The number of hydrogen-bond donors (Lipinski definition) is 2. The summed E-state index contributed by atoms with van der Waals surface area (Å²) in [7, 11) is 0. The number of likely N-dealkylation sites (tertiary alicyclic amines) is 1. The van der Waals surface area contributed by atoms with Gasteiger partial charge in [-0.2, -0.15) is 0 Å². The zero-order valence-electron chi connectivity index (χ0n) is 19.4. The van der Waals surface area contributed by atoms with Crippen molar-refractivity contribution in [3.63, 3.8) is 0 Å². The van der Waals surface area contributed by atoms with Gasteiger partial charge in [0.25, 0.3) is 0 Å². The van der Waals surface area contributed by atoms with Gasteiger partial charge in [-0.15, -0.1) is 24.0 Å². The molecule has 2 aromatic rings. The lowest BCUT2D eigenvalue weighted by atomic mass is 10.1. The summed E-state index contributed by atoms with van der Waals surface area (Å²) in [4.78, 5) is 18.5. The molecule has 0 aliphatic carbocycles. The predicted molar refractivity (Wildman–Crippen MR) is 140 cm³/mol. The van der Waals surface area contributed by atoms with Crippen LogP contribution in [0, 0.1) is 5.82 Å². The van der Waals surface area contributed by atoms with E-state index in [1.54, 1.807) is 12.1 Å². The van der Waals surface area contributed by atoms with Crippen molar-refractivity contribution in [1.82, 2.24) is 15.5 Å². The summed E-state index contributed by atoms with van der Waals surface area (Å²) in [5.74, 6) is 1.15. The molecule has 1 aliphatic heterocycles. The Kier molecular flexibility index (Phi) is 11.4. The highest BCUT2D eigenvalue weighted by molar-refractivity contribution is 14.0. The maximum Gasteiger partial charge on any atom is 0.222 e. The van der Waals surface area contributed by atoms with Crippen molar-refractivity contribution >= 4 is 35.8 Å². The summed E-state index contributed by atoms with van der Waals surface area (Å²) in [5.41, 5.74) is 2.22. The van der Waals surface area contributed by atoms with Crippen LogP contribution in [0.2, 0.25) is 0 Å². The van der Waals surface area contributed by atoms with Crippen molar-refractivity contribution in [2.75, 3.05) is 19.6 Å². The molecule has 0 aromatic heterocycles. The van der Waals surface area contributed by atoms with E-state index < -0.39 is 0 Å². The first-order valence-corrected chi connectivity index (χ1v) is 11.4. The molecule has 8 heteroatoms. The largest absolute Gasteiger partial charge is 0.489 e. The zero-order valence-corrected chi connectivity index (χ0v) is 21.7. The zero-order chi connectivity index (χ0) is 22.8. The normalized spacial score (nSPS) is 14.6. The second-order valence-corrected chi connectivity index (χ2v) is 7.92. The molecule has 1 fully saturated rings. The minimum atomic E-state index is -0.309. The molecule has 0 radical (unpaired) electrons. The first-order valence-electron chi connectivity index (χ1n) is 11.4. The number of nitrogens with zero attached hydrogens (tertiary/aromatic N) is 2. The van der Waals surface area contributed by atoms with Gasteiger partial charge >= 0.3 is 0 Å². The van der Waals surface area contributed by atoms with Crippen LogP contribution in [0.1, 0.15) is 44.2 Å². The van der Waals surface area contributed by atoms with Gasteiger partial charge in [0.1, 0.15) is 17.7 Å². The van der Waals surface area contributed by atoms with Crippen LogP contribution < -0.4 is 15.4 Å². The van der Waals surface area contributed by atoms with Crippen molar-refractivity contribution < 1.29 is 13.9 Å². The molecule has 3 rings (SSSR count). The van der Waals surface area contributed by atoms with Crippen molar-refractivity contribution in [1.29, 1.82) is 0 Å². The Bertz CT molecular complexity index is 925. The third kappa shape index (κ3) is 8.83. The first-order chi connectivity index (χ1) is 15.6. The molecule has 1 heterocycles. The number of rotatable bonds is 10. The molecule has 180 valence electrons. The monoisotopic (exact) mass is 568 g/mol. The highest BCUT2D eigenvalue weighted by Gasteiger charge is 2.19. The summed E-state index contributed by atoms with van der Waals surface area (Å²) in [5, 5.41) is 6.58. The number of benzene rings is 2. The lowest BCUT2D eigenvalue weighted by molar-refractivity contribution is -0.128. The minimum Gasteiger partial charge on any atom is -0.489 e. The standard InChI is InChI=1S/C25H33FN4O2.HI/c1-3-22(32-23-11-6-10-21(26)15-23)17-29-25(27-4-2)28-16-19-8-5-9-20(14-19)18-30-13-7-12-24(30)31;/h5-6,8-11,14-15,22H,3-4,7,12-13,16-18H2,1-2H3,(H2,27,28,29);1H. The summed E-state index contributed by atoms with van der Waals surface area (Å²) in [6.07, 6.45) is 2.27. The van der Waals surface area contributed by atoms with Crippen LogP contribution in [0.3, 0.4) is 0 Å². The SMILES string of the molecule is CCNC(=NCc1cccc(CN2CCCC2=O)c1)NCC(CC)Oc1cccc(F)c1.I. The first kappa shape index (κ1) is 26.9. The fraction of sp³-hybridized carbons (Fsp3) is 0.440. The summed E-state index contributed by atoms with van der Waals surface area (Å²) in [6.45, 7) is 7.37. The van der Waals surface area contributed by atoms with E-state index in [9.17, 15) is 9.18 Å².